The first-order valence-corrected chi connectivity index (χ1v) is 7.42. The Kier molecular flexibility index (Phi) is 3.45. The topological polar surface area (TPSA) is 36.7 Å². The fourth-order valence-corrected chi connectivity index (χ4v) is 3.07. The second kappa shape index (κ2) is 5.09. The van der Waals surface area contributed by atoms with Crippen molar-refractivity contribution < 1.29 is 0 Å². The van der Waals surface area contributed by atoms with E-state index in [2.05, 4.69) is 49.7 Å². The molecule has 0 amide bonds. The van der Waals surface area contributed by atoms with Gasteiger partial charge in [0.2, 0.25) is 0 Å². The monoisotopic (exact) mass is 323 g/mol. The molecule has 1 saturated heterocycles. The summed E-state index contributed by atoms with van der Waals surface area (Å²) in [5.41, 5.74) is 0.933. The highest BCUT2D eigenvalue weighted by molar-refractivity contribution is 9.10. The lowest BCUT2D eigenvalue weighted by molar-refractivity contribution is 0.213. The van der Waals surface area contributed by atoms with Crippen molar-refractivity contribution >= 4 is 27.4 Å². The van der Waals surface area contributed by atoms with Gasteiger partial charge >= 0.3 is 0 Å². The lowest BCUT2D eigenvalue weighted by Gasteiger charge is -2.39. The van der Waals surface area contributed by atoms with Gasteiger partial charge in [0, 0.05) is 44.3 Å². The van der Waals surface area contributed by atoms with E-state index in [4.69, 9.17) is 0 Å². The molecule has 1 atom stereocenters. The fourth-order valence-electron chi connectivity index (χ4n) is 2.68. The molecular formula is C13H18BrN5. The number of hydrogen-bond acceptors (Lipinski definition) is 4. The summed E-state index contributed by atoms with van der Waals surface area (Å²) in [6, 6.07) is 0.588. The molecule has 0 aromatic carbocycles. The Morgan fingerprint density at radius 2 is 2.26 bits per heavy atom. The van der Waals surface area contributed by atoms with Crippen molar-refractivity contribution in [3.63, 3.8) is 0 Å². The molecule has 2 aromatic rings. The molecule has 0 aliphatic carbocycles. The summed E-state index contributed by atoms with van der Waals surface area (Å²) in [6.07, 6.45) is 6.88. The highest BCUT2D eigenvalue weighted by Gasteiger charge is 2.25. The lowest BCUT2D eigenvalue weighted by Crippen LogP contribution is -2.51. The Balaban J connectivity index is 1.97. The molecule has 1 aliphatic rings. The van der Waals surface area contributed by atoms with Crippen LogP contribution < -0.4 is 4.90 Å². The second-order valence-corrected chi connectivity index (χ2v) is 5.85. The molecule has 1 fully saturated rings. The lowest BCUT2D eigenvalue weighted by atomic mass is 10.1. The zero-order chi connectivity index (χ0) is 13.4. The minimum Gasteiger partial charge on any atom is -0.351 e. The van der Waals surface area contributed by atoms with Crippen LogP contribution in [-0.4, -0.2) is 52.0 Å². The van der Waals surface area contributed by atoms with Crippen LogP contribution in [-0.2, 0) is 0 Å². The minimum atomic E-state index is 0.588. The Morgan fingerprint density at radius 1 is 1.42 bits per heavy atom. The Hall–Kier alpha value is -1.14. The van der Waals surface area contributed by atoms with E-state index in [1.54, 1.807) is 0 Å². The fraction of sp³-hybridized carbons (Fsp3) is 0.538. The van der Waals surface area contributed by atoms with Gasteiger partial charge in [0.05, 0.1) is 0 Å². The first-order chi connectivity index (χ1) is 9.19. The summed E-state index contributed by atoms with van der Waals surface area (Å²) in [7, 11) is 2.20. The van der Waals surface area contributed by atoms with Crippen molar-refractivity contribution in [3.05, 3.63) is 23.2 Å². The minimum absolute atomic E-state index is 0.588. The first-order valence-electron chi connectivity index (χ1n) is 6.63. The van der Waals surface area contributed by atoms with Crippen LogP contribution in [0.25, 0.3) is 5.65 Å². The van der Waals surface area contributed by atoms with Crippen LogP contribution in [0.1, 0.15) is 13.3 Å². The zero-order valence-electron chi connectivity index (χ0n) is 11.3. The third kappa shape index (κ3) is 2.34. The average Bonchev–Trinajstić information content (AvgIpc) is 2.86. The molecule has 102 valence electrons. The molecule has 5 nitrogen and oxygen atoms in total. The predicted octanol–water partition coefficient (Wildman–Crippen LogP) is 2.02. The molecule has 19 heavy (non-hydrogen) atoms. The van der Waals surface area contributed by atoms with Gasteiger partial charge in [-0.25, -0.2) is 9.97 Å². The van der Waals surface area contributed by atoms with Crippen LogP contribution in [0.15, 0.2) is 23.2 Å². The summed E-state index contributed by atoms with van der Waals surface area (Å²) in [4.78, 5) is 13.8. The van der Waals surface area contributed by atoms with Crippen LogP contribution >= 0.6 is 15.9 Å². The molecule has 1 aliphatic heterocycles. The molecule has 2 aromatic heterocycles. The maximum atomic E-state index is 4.63. The summed E-state index contributed by atoms with van der Waals surface area (Å²) < 4.78 is 2.87. The first kappa shape index (κ1) is 12.9. The van der Waals surface area contributed by atoms with Crippen LogP contribution in [0.5, 0.6) is 0 Å². The largest absolute Gasteiger partial charge is 0.351 e. The molecule has 3 rings (SSSR count). The molecule has 0 bridgehead atoms. The Bertz CT molecular complexity index is 581. The number of nitrogens with zero attached hydrogens (tertiary/aromatic N) is 5. The van der Waals surface area contributed by atoms with Crippen LogP contribution in [0.4, 0.5) is 5.82 Å². The van der Waals surface area contributed by atoms with E-state index in [1.165, 1.54) is 0 Å². The number of hydrogen-bond donors (Lipinski definition) is 0. The Morgan fingerprint density at radius 3 is 3.05 bits per heavy atom. The number of aromatic nitrogens is 3. The van der Waals surface area contributed by atoms with Crippen molar-refractivity contribution in [2.75, 3.05) is 31.6 Å². The van der Waals surface area contributed by atoms with E-state index in [9.17, 15) is 0 Å². The van der Waals surface area contributed by atoms with Crippen molar-refractivity contribution in [1.29, 1.82) is 0 Å². The number of rotatable bonds is 2. The number of anilines is 1. The van der Waals surface area contributed by atoms with Gasteiger partial charge in [-0.1, -0.05) is 6.92 Å². The second-order valence-electron chi connectivity index (χ2n) is 5.03. The van der Waals surface area contributed by atoms with Gasteiger partial charge < -0.3 is 9.30 Å². The van der Waals surface area contributed by atoms with Crippen LogP contribution in [0.2, 0.25) is 0 Å². The number of imidazole rings is 1. The molecule has 0 N–H and O–H groups in total. The van der Waals surface area contributed by atoms with Crippen molar-refractivity contribution in [2.45, 2.75) is 19.4 Å². The normalized spacial score (nSPS) is 21.2. The van der Waals surface area contributed by atoms with Gasteiger partial charge in [-0.05, 0) is 29.4 Å². The number of likely N-dealkylation sites (N-methyl/N-ethyl adjacent to an activating group) is 1. The van der Waals surface area contributed by atoms with E-state index in [-0.39, 0.29) is 0 Å². The predicted molar refractivity (Wildman–Crippen MR) is 79.6 cm³/mol. The smallest absolute Gasteiger partial charge is 0.180 e. The summed E-state index contributed by atoms with van der Waals surface area (Å²) in [6.45, 7) is 5.32. The Labute approximate surface area is 121 Å². The average molecular weight is 324 g/mol. The van der Waals surface area contributed by atoms with Crippen LogP contribution in [0, 0.1) is 0 Å². The maximum Gasteiger partial charge on any atom is 0.180 e. The van der Waals surface area contributed by atoms with Crippen molar-refractivity contribution in [3.8, 4) is 0 Å². The summed E-state index contributed by atoms with van der Waals surface area (Å²) in [5.74, 6) is 0.978. The molecule has 6 heteroatoms. The third-order valence-electron chi connectivity index (χ3n) is 3.87. The van der Waals surface area contributed by atoms with Crippen molar-refractivity contribution in [1.82, 2.24) is 19.3 Å². The molecule has 0 spiro atoms. The summed E-state index contributed by atoms with van der Waals surface area (Å²) in [5, 5.41) is 0. The summed E-state index contributed by atoms with van der Waals surface area (Å²) >= 11 is 3.48. The molecule has 3 heterocycles. The number of fused-ring (bicyclic) bond motifs is 1. The van der Waals surface area contributed by atoms with Crippen LogP contribution in [0.3, 0.4) is 0 Å². The van der Waals surface area contributed by atoms with Gasteiger partial charge in [0.1, 0.15) is 4.60 Å². The van der Waals surface area contributed by atoms with Gasteiger partial charge in [0.25, 0.3) is 0 Å². The van der Waals surface area contributed by atoms with Crippen molar-refractivity contribution in [2.24, 2.45) is 0 Å². The standard InChI is InChI=1S/C13H18BrN5/c1-3-10-8-19(7-6-17(10)2)13-12-15-4-5-18(12)9-11(14)16-13/h4-5,9-10H,3,6-8H2,1-2H3. The van der Waals surface area contributed by atoms with Gasteiger partial charge in [-0.2, -0.15) is 0 Å². The van der Waals surface area contributed by atoms with E-state index in [0.29, 0.717) is 6.04 Å². The zero-order valence-corrected chi connectivity index (χ0v) is 12.8. The highest BCUT2D eigenvalue weighted by Crippen LogP contribution is 2.24. The van der Waals surface area contributed by atoms with E-state index >= 15 is 0 Å². The van der Waals surface area contributed by atoms with E-state index in [1.807, 2.05) is 23.0 Å². The van der Waals surface area contributed by atoms with Gasteiger partial charge in [-0.3, -0.25) is 4.90 Å². The molecule has 0 saturated carbocycles. The third-order valence-corrected chi connectivity index (χ3v) is 4.26. The molecule has 1 unspecified atom stereocenters. The number of piperazine rings is 1. The maximum absolute atomic E-state index is 4.63. The number of halogens is 1. The van der Waals surface area contributed by atoms with Gasteiger partial charge in [0.15, 0.2) is 11.5 Å². The van der Waals surface area contributed by atoms with E-state index in [0.717, 1.165) is 42.1 Å². The molecular weight excluding hydrogens is 306 g/mol. The van der Waals surface area contributed by atoms with E-state index < -0.39 is 0 Å². The molecule has 0 radical (unpaired) electrons. The van der Waals surface area contributed by atoms with Gasteiger partial charge in [-0.15, -0.1) is 0 Å². The SMILES string of the molecule is CCC1CN(c2nc(Br)cn3ccnc23)CCN1C. The highest BCUT2D eigenvalue weighted by atomic mass is 79.9. The quantitative estimate of drug-likeness (QED) is 0.847.